The number of benzene rings is 6. The summed E-state index contributed by atoms with van der Waals surface area (Å²) in [5.74, 6) is 1.95. The average Bonchev–Trinajstić information content (AvgIpc) is 3.40. The number of para-hydroxylation sites is 1. The zero-order chi connectivity index (χ0) is 27.2. The van der Waals surface area contributed by atoms with Crippen LogP contribution in [0.25, 0.3) is 72.4 Å². The minimum absolute atomic E-state index is 0.644. The quantitative estimate of drug-likeness (QED) is 0.231. The molecule has 0 saturated carbocycles. The van der Waals surface area contributed by atoms with Gasteiger partial charge in [0.05, 0.1) is 11.0 Å². The zero-order valence-electron chi connectivity index (χ0n) is 22.1. The van der Waals surface area contributed by atoms with Crippen LogP contribution in [0.4, 0.5) is 0 Å². The third kappa shape index (κ3) is 3.97. The first kappa shape index (κ1) is 23.3. The monoisotopic (exact) mass is 524 g/mol. The third-order valence-electron chi connectivity index (χ3n) is 7.62. The molecule has 4 nitrogen and oxygen atoms in total. The zero-order valence-corrected chi connectivity index (χ0v) is 22.1. The number of hydrogen-bond donors (Lipinski definition) is 0. The highest BCUT2D eigenvalue weighted by molar-refractivity contribution is 6.18. The maximum atomic E-state index is 4.96. The first-order valence-electron chi connectivity index (χ1n) is 13.7. The van der Waals surface area contributed by atoms with Crippen LogP contribution in [0.15, 0.2) is 146 Å². The summed E-state index contributed by atoms with van der Waals surface area (Å²) in [6.07, 6.45) is 0. The van der Waals surface area contributed by atoms with Gasteiger partial charge in [-0.05, 0) is 23.6 Å². The Morgan fingerprint density at radius 3 is 1.66 bits per heavy atom. The SMILES string of the molecule is c1ccc(-c2nc(-c3ccccc3)nc(-c3cccc(-n4c5ccccc5c5ccc6ccccc6c54)c3)n2)cc1. The molecule has 0 unspecified atom stereocenters. The van der Waals surface area contributed by atoms with Gasteiger partial charge >= 0.3 is 0 Å². The van der Waals surface area contributed by atoms with Crippen molar-refractivity contribution < 1.29 is 0 Å². The van der Waals surface area contributed by atoms with Gasteiger partial charge in [0, 0.05) is 38.5 Å². The molecular weight excluding hydrogens is 500 g/mol. The molecule has 0 atom stereocenters. The van der Waals surface area contributed by atoms with Gasteiger partial charge in [-0.3, -0.25) is 0 Å². The second-order valence-electron chi connectivity index (χ2n) is 10.1. The predicted octanol–water partition coefficient (Wildman–Crippen LogP) is 9.12. The highest BCUT2D eigenvalue weighted by Crippen LogP contribution is 2.37. The van der Waals surface area contributed by atoms with Crippen LogP contribution in [0.2, 0.25) is 0 Å². The lowest BCUT2D eigenvalue weighted by Crippen LogP contribution is -2.01. The molecule has 0 aliphatic heterocycles. The average molecular weight is 525 g/mol. The van der Waals surface area contributed by atoms with E-state index in [4.69, 9.17) is 15.0 Å². The Balaban J connectivity index is 1.37. The molecule has 0 fully saturated rings. The van der Waals surface area contributed by atoms with Crippen LogP contribution in [0.3, 0.4) is 0 Å². The van der Waals surface area contributed by atoms with Crippen LogP contribution in [0.1, 0.15) is 0 Å². The summed E-state index contributed by atoms with van der Waals surface area (Å²) in [6, 6.07) is 50.4. The molecule has 0 N–H and O–H groups in total. The van der Waals surface area contributed by atoms with Crippen LogP contribution >= 0.6 is 0 Å². The van der Waals surface area contributed by atoms with Crippen molar-refractivity contribution in [3.8, 4) is 39.9 Å². The van der Waals surface area contributed by atoms with E-state index in [1.165, 1.54) is 32.6 Å². The van der Waals surface area contributed by atoms with Crippen LogP contribution in [0.5, 0.6) is 0 Å². The molecule has 0 aliphatic carbocycles. The summed E-state index contributed by atoms with van der Waals surface area (Å²) < 4.78 is 2.37. The fraction of sp³-hybridized carbons (Fsp3) is 0. The molecule has 4 heteroatoms. The molecule has 41 heavy (non-hydrogen) atoms. The summed E-state index contributed by atoms with van der Waals surface area (Å²) in [4.78, 5) is 14.8. The van der Waals surface area contributed by atoms with E-state index in [0.717, 1.165) is 22.4 Å². The Morgan fingerprint density at radius 2 is 0.951 bits per heavy atom. The second-order valence-corrected chi connectivity index (χ2v) is 10.1. The van der Waals surface area contributed by atoms with Crippen molar-refractivity contribution in [2.75, 3.05) is 0 Å². The molecule has 8 rings (SSSR count). The van der Waals surface area contributed by atoms with Crippen molar-refractivity contribution >= 4 is 32.6 Å². The van der Waals surface area contributed by atoms with E-state index in [0.29, 0.717) is 17.5 Å². The minimum Gasteiger partial charge on any atom is -0.309 e. The van der Waals surface area contributed by atoms with Gasteiger partial charge < -0.3 is 4.57 Å². The normalized spacial score (nSPS) is 11.4. The van der Waals surface area contributed by atoms with Gasteiger partial charge in [-0.25, -0.2) is 15.0 Å². The molecule has 2 heterocycles. The smallest absolute Gasteiger partial charge is 0.164 e. The molecule has 0 radical (unpaired) electrons. The number of rotatable bonds is 4. The summed E-state index contributed by atoms with van der Waals surface area (Å²) in [5.41, 5.74) is 6.28. The number of fused-ring (bicyclic) bond motifs is 5. The fourth-order valence-corrected chi connectivity index (χ4v) is 5.72. The Kier molecular flexibility index (Phi) is 5.42. The lowest BCUT2D eigenvalue weighted by Gasteiger charge is -2.12. The second kappa shape index (κ2) is 9.54. The Hall–Kier alpha value is -5.61. The van der Waals surface area contributed by atoms with E-state index in [9.17, 15) is 0 Å². The molecule has 0 bridgehead atoms. The Morgan fingerprint density at radius 1 is 0.390 bits per heavy atom. The maximum Gasteiger partial charge on any atom is 0.164 e. The standard InChI is InChI=1S/C37H24N4/c1-3-13-26(14-4-1)35-38-36(27-15-5-2-6-16-27)40-37(39-35)28-17-11-18-29(24-28)41-33-21-10-9-20-31(33)32-23-22-25-12-7-8-19-30(25)34(32)41/h1-24H. The minimum atomic E-state index is 0.644. The summed E-state index contributed by atoms with van der Waals surface area (Å²) in [7, 11) is 0. The van der Waals surface area contributed by atoms with E-state index in [1.54, 1.807) is 0 Å². The van der Waals surface area contributed by atoms with Gasteiger partial charge in [-0.2, -0.15) is 0 Å². The van der Waals surface area contributed by atoms with Gasteiger partial charge in [0.25, 0.3) is 0 Å². The number of aromatic nitrogens is 4. The van der Waals surface area contributed by atoms with E-state index >= 15 is 0 Å². The highest BCUT2D eigenvalue weighted by atomic mass is 15.0. The molecular formula is C37H24N4. The van der Waals surface area contributed by atoms with Crippen molar-refractivity contribution in [3.05, 3.63) is 146 Å². The van der Waals surface area contributed by atoms with Crippen molar-refractivity contribution in [1.29, 1.82) is 0 Å². The fourth-order valence-electron chi connectivity index (χ4n) is 5.72. The molecule has 6 aromatic carbocycles. The molecule has 2 aromatic heterocycles. The Labute approximate surface area is 237 Å². The van der Waals surface area contributed by atoms with E-state index in [-0.39, 0.29) is 0 Å². The maximum absolute atomic E-state index is 4.96. The van der Waals surface area contributed by atoms with Gasteiger partial charge in [0.1, 0.15) is 0 Å². The first-order valence-corrected chi connectivity index (χ1v) is 13.7. The van der Waals surface area contributed by atoms with E-state index < -0.39 is 0 Å². The van der Waals surface area contributed by atoms with E-state index in [1.807, 2.05) is 60.7 Å². The Bertz CT molecular complexity index is 2140. The van der Waals surface area contributed by atoms with Gasteiger partial charge in [0.15, 0.2) is 17.5 Å². The van der Waals surface area contributed by atoms with Gasteiger partial charge in [0.2, 0.25) is 0 Å². The van der Waals surface area contributed by atoms with Crippen molar-refractivity contribution in [2.45, 2.75) is 0 Å². The van der Waals surface area contributed by atoms with E-state index in [2.05, 4.69) is 89.5 Å². The molecule has 0 saturated heterocycles. The van der Waals surface area contributed by atoms with Crippen molar-refractivity contribution in [2.24, 2.45) is 0 Å². The van der Waals surface area contributed by atoms with Crippen LogP contribution in [-0.2, 0) is 0 Å². The van der Waals surface area contributed by atoms with Crippen molar-refractivity contribution in [1.82, 2.24) is 19.5 Å². The van der Waals surface area contributed by atoms with Crippen molar-refractivity contribution in [3.63, 3.8) is 0 Å². The summed E-state index contributed by atoms with van der Waals surface area (Å²) >= 11 is 0. The molecule has 192 valence electrons. The third-order valence-corrected chi connectivity index (χ3v) is 7.62. The van der Waals surface area contributed by atoms with Crippen LogP contribution in [0, 0.1) is 0 Å². The first-order chi connectivity index (χ1) is 20.3. The van der Waals surface area contributed by atoms with Crippen LogP contribution in [-0.4, -0.2) is 19.5 Å². The molecule has 8 aromatic rings. The van der Waals surface area contributed by atoms with Gasteiger partial charge in [-0.15, -0.1) is 0 Å². The van der Waals surface area contributed by atoms with Crippen LogP contribution < -0.4 is 0 Å². The lowest BCUT2D eigenvalue weighted by molar-refractivity contribution is 1.07. The number of hydrogen-bond acceptors (Lipinski definition) is 3. The highest BCUT2D eigenvalue weighted by Gasteiger charge is 2.17. The topological polar surface area (TPSA) is 43.6 Å². The molecule has 0 spiro atoms. The lowest BCUT2D eigenvalue weighted by atomic mass is 10.1. The largest absolute Gasteiger partial charge is 0.309 e. The summed E-state index contributed by atoms with van der Waals surface area (Å²) in [5, 5.41) is 4.92. The van der Waals surface area contributed by atoms with Gasteiger partial charge in [-0.1, -0.05) is 127 Å². The number of nitrogens with zero attached hydrogens (tertiary/aromatic N) is 4. The molecule has 0 aliphatic rings. The predicted molar refractivity (Wildman–Crippen MR) is 168 cm³/mol. The molecule has 0 amide bonds. The summed E-state index contributed by atoms with van der Waals surface area (Å²) in [6.45, 7) is 0.